The molecule has 9 heteroatoms. The van der Waals surface area contributed by atoms with Crippen LogP contribution in [0.25, 0.3) is 0 Å². The Morgan fingerprint density at radius 2 is 1.93 bits per heavy atom. The molecule has 0 radical (unpaired) electrons. The molecule has 1 heterocycles. The lowest BCUT2D eigenvalue weighted by Gasteiger charge is -2.24. The van der Waals surface area contributed by atoms with Gasteiger partial charge in [-0.3, -0.25) is 9.59 Å². The van der Waals surface area contributed by atoms with Crippen LogP contribution >= 0.6 is 12.4 Å². The van der Waals surface area contributed by atoms with Gasteiger partial charge >= 0.3 is 5.76 Å². The summed E-state index contributed by atoms with van der Waals surface area (Å²) in [5, 5.41) is 9.78. The van der Waals surface area contributed by atoms with Crippen LogP contribution in [0.1, 0.15) is 63.1 Å². The Morgan fingerprint density at radius 1 is 1.26 bits per heavy atom. The predicted molar refractivity (Wildman–Crippen MR) is 104 cm³/mol. The van der Waals surface area contributed by atoms with Crippen LogP contribution in [-0.4, -0.2) is 41.1 Å². The summed E-state index contributed by atoms with van der Waals surface area (Å²) >= 11 is 0. The number of amides is 1. The topological polar surface area (TPSA) is 106 Å². The third kappa shape index (κ3) is 6.77. The van der Waals surface area contributed by atoms with Gasteiger partial charge in [0.05, 0.1) is 12.6 Å². The molecular weight excluding hydrogens is 372 g/mol. The molecule has 1 aromatic heterocycles. The predicted octanol–water partition coefficient (Wildman–Crippen LogP) is 1.77. The van der Waals surface area contributed by atoms with Gasteiger partial charge in [0.2, 0.25) is 11.7 Å². The number of hydrogen-bond donors (Lipinski definition) is 2. The van der Waals surface area contributed by atoms with E-state index in [1.54, 1.807) is 7.05 Å². The third-order valence-corrected chi connectivity index (χ3v) is 4.71. The molecule has 0 saturated heterocycles. The highest BCUT2D eigenvalue weighted by Crippen LogP contribution is 2.24. The number of carbonyl (C=O) groups is 2. The second-order valence-corrected chi connectivity index (χ2v) is 7.39. The van der Waals surface area contributed by atoms with Crippen molar-refractivity contribution in [2.45, 2.75) is 65.0 Å². The van der Waals surface area contributed by atoms with Gasteiger partial charge in [-0.25, -0.2) is 4.79 Å². The van der Waals surface area contributed by atoms with Crippen molar-refractivity contribution in [1.29, 1.82) is 0 Å². The van der Waals surface area contributed by atoms with Crippen molar-refractivity contribution >= 4 is 24.1 Å². The Bertz CT molecular complexity index is 665. The van der Waals surface area contributed by atoms with E-state index in [9.17, 15) is 14.4 Å². The largest absolute Gasteiger partial charge is 0.437 e. The molecule has 0 bridgehead atoms. The summed E-state index contributed by atoms with van der Waals surface area (Å²) in [5.41, 5.74) is 0. The lowest BCUT2D eigenvalue weighted by Crippen LogP contribution is -2.45. The van der Waals surface area contributed by atoms with E-state index in [-0.39, 0.29) is 36.0 Å². The molecule has 1 aliphatic rings. The Hall–Kier alpha value is -1.67. The highest BCUT2D eigenvalue weighted by molar-refractivity contribution is 5.98. The molecule has 1 fully saturated rings. The van der Waals surface area contributed by atoms with E-state index < -0.39 is 17.6 Å². The second kappa shape index (κ2) is 11.2. The van der Waals surface area contributed by atoms with Gasteiger partial charge in [-0.2, -0.15) is 4.68 Å². The van der Waals surface area contributed by atoms with E-state index >= 15 is 0 Å². The maximum atomic E-state index is 12.8. The van der Waals surface area contributed by atoms with Gasteiger partial charge in [0.1, 0.15) is 0 Å². The number of rotatable bonds is 9. The van der Waals surface area contributed by atoms with Gasteiger partial charge < -0.3 is 15.1 Å². The van der Waals surface area contributed by atoms with E-state index in [2.05, 4.69) is 15.7 Å². The van der Waals surface area contributed by atoms with Crippen molar-refractivity contribution < 1.29 is 14.0 Å². The number of nitrogens with zero attached hydrogens (tertiary/aromatic N) is 2. The summed E-state index contributed by atoms with van der Waals surface area (Å²) in [6.07, 6.45) is 5.46. The average molecular weight is 403 g/mol. The molecule has 154 valence electrons. The van der Waals surface area contributed by atoms with Gasteiger partial charge in [-0.1, -0.05) is 33.1 Å². The molecule has 1 atom stereocenters. The van der Waals surface area contributed by atoms with Crippen LogP contribution in [0, 0.1) is 11.8 Å². The number of carbonyl (C=O) groups excluding carboxylic acids is 2. The zero-order valence-electron chi connectivity index (χ0n) is 16.3. The molecule has 1 aromatic rings. The number of aromatic nitrogens is 2. The zero-order valence-corrected chi connectivity index (χ0v) is 17.1. The van der Waals surface area contributed by atoms with E-state index in [1.807, 2.05) is 13.8 Å². The summed E-state index contributed by atoms with van der Waals surface area (Å²) in [6, 6.07) is -0.722. The first kappa shape index (κ1) is 23.4. The fraction of sp³-hybridized carbons (Fsp3) is 0.778. The molecule has 2 rings (SSSR count). The van der Waals surface area contributed by atoms with E-state index in [1.165, 1.54) is 0 Å². The lowest BCUT2D eigenvalue weighted by atomic mass is 9.88. The number of hydrogen-bond acceptors (Lipinski definition) is 6. The number of likely N-dealkylation sites (N-methyl/N-ethyl adjacent to an activating group) is 1. The number of ketones is 1. The van der Waals surface area contributed by atoms with Crippen LogP contribution in [0.2, 0.25) is 0 Å². The molecule has 8 nitrogen and oxygen atoms in total. The van der Waals surface area contributed by atoms with Crippen LogP contribution in [0.5, 0.6) is 0 Å². The first-order chi connectivity index (χ1) is 12.4. The van der Waals surface area contributed by atoms with E-state index in [0.717, 1.165) is 36.8 Å². The smallest absolute Gasteiger partial charge is 0.384 e. The fourth-order valence-corrected chi connectivity index (χ4v) is 3.27. The maximum Gasteiger partial charge on any atom is 0.437 e. The number of Topliss-reactive ketones (excluding diaryl/α,β-unsaturated/α-hetero) is 1. The quantitative estimate of drug-likeness (QED) is 0.610. The fourth-order valence-electron chi connectivity index (χ4n) is 3.27. The molecule has 1 saturated carbocycles. The monoisotopic (exact) mass is 402 g/mol. The van der Waals surface area contributed by atoms with Crippen LogP contribution in [-0.2, 0) is 11.3 Å². The minimum absolute atomic E-state index is 0. The lowest BCUT2D eigenvalue weighted by molar-refractivity contribution is -0.126. The minimum atomic E-state index is -0.722. The molecule has 0 aromatic carbocycles. The first-order valence-corrected chi connectivity index (χ1v) is 9.49. The van der Waals surface area contributed by atoms with Crippen molar-refractivity contribution in [2.24, 2.45) is 11.8 Å². The van der Waals surface area contributed by atoms with Crippen molar-refractivity contribution in [1.82, 2.24) is 20.4 Å². The highest BCUT2D eigenvalue weighted by Gasteiger charge is 2.30. The van der Waals surface area contributed by atoms with Crippen molar-refractivity contribution in [3.8, 4) is 0 Å². The molecule has 27 heavy (non-hydrogen) atoms. The Labute approximate surface area is 165 Å². The van der Waals surface area contributed by atoms with Crippen molar-refractivity contribution in [3.63, 3.8) is 0 Å². The summed E-state index contributed by atoms with van der Waals surface area (Å²) in [7, 11) is 1.76. The second-order valence-electron chi connectivity index (χ2n) is 7.39. The third-order valence-electron chi connectivity index (χ3n) is 4.71. The summed E-state index contributed by atoms with van der Waals surface area (Å²) in [5.74, 6) is -1.25. The van der Waals surface area contributed by atoms with Gasteiger partial charge in [0.25, 0.3) is 5.89 Å². The molecule has 1 aliphatic carbocycles. The van der Waals surface area contributed by atoms with Gasteiger partial charge in [-0.15, -0.1) is 17.5 Å². The zero-order chi connectivity index (χ0) is 19.1. The molecule has 1 amide bonds. The summed E-state index contributed by atoms with van der Waals surface area (Å²) in [4.78, 5) is 37.2. The summed E-state index contributed by atoms with van der Waals surface area (Å²) in [6.45, 7) is 4.81. The molecular formula is C18H31ClN4O4. The molecule has 0 aliphatic heterocycles. The minimum Gasteiger partial charge on any atom is -0.384 e. The van der Waals surface area contributed by atoms with Gasteiger partial charge in [0, 0.05) is 12.5 Å². The number of halogens is 1. The first-order valence-electron chi connectivity index (χ1n) is 9.49. The van der Waals surface area contributed by atoms with Crippen molar-refractivity contribution in [2.75, 3.05) is 13.6 Å². The molecule has 0 unspecified atom stereocenters. The van der Waals surface area contributed by atoms with E-state index in [4.69, 9.17) is 4.42 Å². The normalized spacial score (nSPS) is 16.0. The van der Waals surface area contributed by atoms with Crippen LogP contribution in [0.15, 0.2) is 9.21 Å². The molecule has 2 N–H and O–H groups in total. The summed E-state index contributed by atoms with van der Waals surface area (Å²) < 4.78 is 6.15. The van der Waals surface area contributed by atoms with Gasteiger partial charge in [0.15, 0.2) is 0 Å². The van der Waals surface area contributed by atoms with Crippen LogP contribution in [0.4, 0.5) is 0 Å². The van der Waals surface area contributed by atoms with Crippen LogP contribution in [0.3, 0.4) is 0 Å². The Balaban J connectivity index is 0.00000364. The van der Waals surface area contributed by atoms with E-state index in [0.29, 0.717) is 19.5 Å². The average Bonchev–Trinajstić information content (AvgIpc) is 2.99. The van der Waals surface area contributed by atoms with Crippen molar-refractivity contribution in [3.05, 3.63) is 16.4 Å². The highest BCUT2D eigenvalue weighted by atomic mass is 35.5. The Kier molecular flexibility index (Phi) is 9.73. The number of nitrogens with one attached hydrogen (secondary N) is 2. The maximum absolute atomic E-state index is 12.8. The van der Waals surface area contributed by atoms with Gasteiger partial charge in [-0.05, 0) is 32.2 Å². The van der Waals surface area contributed by atoms with Crippen LogP contribution < -0.4 is 16.4 Å². The Morgan fingerprint density at radius 3 is 2.52 bits per heavy atom. The standard InChI is InChI=1S/C18H30N4O4.ClH/c1-12(2)11-14(20-16(24)13-7-5-4-6-8-13)15(23)17-21-22(10-9-19-3)18(25)26-17;/h12-14,19H,4-11H2,1-3H3,(H,20,24);1H/t14-;/m0./s1. The SMILES string of the molecule is CNCCn1nc(C(=O)[C@H](CC(C)C)NC(=O)C2CCCCC2)oc1=O.Cl. The molecule has 0 spiro atoms.